The Morgan fingerprint density at radius 2 is 2.18 bits per heavy atom. The molecule has 0 aromatic heterocycles. The monoisotopic (exact) mass is 264 g/mol. The number of nitrogens with zero attached hydrogens (tertiary/aromatic N) is 1. The maximum atomic E-state index is 11.7. The predicted octanol–water partition coefficient (Wildman–Crippen LogP) is 0.849. The molecular formula is C10H18NO5S-. The smallest absolute Gasteiger partial charge is 0.410 e. The Morgan fingerprint density at radius 1 is 1.53 bits per heavy atom. The molecule has 1 rings (SSSR count). The van der Waals surface area contributed by atoms with E-state index in [0.717, 1.165) is 0 Å². The number of carbonyl (C=O) groups is 1. The van der Waals surface area contributed by atoms with Crippen molar-refractivity contribution in [3.63, 3.8) is 0 Å². The molecule has 1 amide bonds. The normalized spacial score (nSPS) is 22.6. The second-order valence-electron chi connectivity index (χ2n) is 4.93. The van der Waals surface area contributed by atoms with Crippen LogP contribution >= 0.6 is 0 Å². The number of likely N-dealkylation sites (tertiary alicyclic amines) is 1. The third-order valence-electron chi connectivity index (χ3n) is 2.20. The van der Waals surface area contributed by atoms with E-state index in [1.807, 2.05) is 0 Å². The largest absolute Gasteiger partial charge is 0.771 e. The molecule has 1 fully saturated rings. The van der Waals surface area contributed by atoms with E-state index in [1.54, 1.807) is 20.8 Å². The summed E-state index contributed by atoms with van der Waals surface area (Å²) in [6.07, 6.45) is 0.0310. The summed E-state index contributed by atoms with van der Waals surface area (Å²) >= 11 is -2.21. The van der Waals surface area contributed by atoms with Gasteiger partial charge in [0.25, 0.3) is 0 Å². The van der Waals surface area contributed by atoms with Gasteiger partial charge < -0.3 is 18.9 Å². The van der Waals surface area contributed by atoms with Crippen molar-refractivity contribution in [3.05, 3.63) is 0 Å². The number of rotatable bonds is 3. The van der Waals surface area contributed by atoms with Crippen molar-refractivity contribution in [2.24, 2.45) is 0 Å². The van der Waals surface area contributed by atoms with E-state index in [1.165, 1.54) is 4.90 Å². The third-order valence-corrected chi connectivity index (χ3v) is 2.53. The summed E-state index contributed by atoms with van der Waals surface area (Å²) in [4.78, 5) is 13.2. The van der Waals surface area contributed by atoms with Gasteiger partial charge in [-0.1, -0.05) is 0 Å². The van der Waals surface area contributed by atoms with E-state index in [2.05, 4.69) is 0 Å². The van der Waals surface area contributed by atoms with Crippen LogP contribution in [0.4, 0.5) is 4.79 Å². The third kappa shape index (κ3) is 5.47. The molecule has 1 aliphatic rings. The Labute approximate surface area is 104 Å². The van der Waals surface area contributed by atoms with Crippen LogP contribution in [-0.2, 0) is 20.6 Å². The Balaban J connectivity index is 2.34. The highest BCUT2D eigenvalue weighted by Crippen LogP contribution is 2.17. The Bertz CT molecular complexity index is 302. The van der Waals surface area contributed by atoms with Crippen molar-refractivity contribution >= 4 is 17.2 Å². The number of hydrogen-bond acceptors (Lipinski definition) is 5. The second kappa shape index (κ2) is 5.79. The number of hydrogen-bond donors (Lipinski definition) is 0. The quantitative estimate of drug-likeness (QED) is 0.706. The summed E-state index contributed by atoms with van der Waals surface area (Å²) in [5.74, 6) is -0.327. The first-order chi connectivity index (χ1) is 7.78. The van der Waals surface area contributed by atoms with Gasteiger partial charge in [0.05, 0.1) is 12.6 Å². The van der Waals surface area contributed by atoms with Crippen LogP contribution in [0.3, 0.4) is 0 Å². The second-order valence-corrected chi connectivity index (χ2v) is 5.77. The number of carbonyl (C=O) groups excluding carboxylic acids is 1. The summed E-state index contributed by atoms with van der Waals surface area (Å²) in [6, 6.07) is 0. The number of amides is 1. The van der Waals surface area contributed by atoms with Crippen molar-refractivity contribution in [1.29, 1.82) is 0 Å². The summed E-state index contributed by atoms with van der Waals surface area (Å²) in [6.45, 7) is 6.32. The molecule has 0 radical (unpaired) electrons. The zero-order chi connectivity index (χ0) is 13.1. The van der Waals surface area contributed by atoms with Gasteiger partial charge in [-0.2, -0.15) is 0 Å². The maximum Gasteiger partial charge on any atom is 0.410 e. The molecule has 2 unspecified atom stereocenters. The lowest BCUT2D eigenvalue weighted by Crippen LogP contribution is -2.36. The molecule has 6 nitrogen and oxygen atoms in total. The van der Waals surface area contributed by atoms with Crippen molar-refractivity contribution in [2.75, 3.05) is 19.0 Å². The van der Waals surface area contributed by atoms with E-state index < -0.39 is 16.7 Å². The van der Waals surface area contributed by atoms with Crippen LogP contribution in [0.25, 0.3) is 0 Å². The van der Waals surface area contributed by atoms with Crippen LogP contribution in [0.2, 0.25) is 0 Å². The Kier molecular flexibility index (Phi) is 4.91. The average molecular weight is 264 g/mol. The fourth-order valence-corrected chi connectivity index (χ4v) is 1.81. The highest BCUT2D eigenvalue weighted by molar-refractivity contribution is 7.78. The summed E-state index contributed by atoms with van der Waals surface area (Å²) in [7, 11) is 0. The Hall–Kier alpha value is -0.660. The highest BCUT2D eigenvalue weighted by atomic mass is 32.2. The minimum atomic E-state index is -2.21. The average Bonchev–Trinajstić information content (AvgIpc) is 2.60. The van der Waals surface area contributed by atoms with Gasteiger partial charge in [0, 0.05) is 6.54 Å². The maximum absolute atomic E-state index is 11.7. The molecule has 0 aromatic carbocycles. The first kappa shape index (κ1) is 14.4. The summed E-state index contributed by atoms with van der Waals surface area (Å²) in [5, 5.41) is 0. The molecule has 7 heteroatoms. The fourth-order valence-electron chi connectivity index (χ4n) is 1.51. The standard InChI is InChI=1S/C10H19NO5S/c1-10(2,3)16-9(12)11-5-4-8(6-11)15-7-17(13)14/h8H,4-7H2,1-3H3,(H,13,14)/p-1. The SMILES string of the molecule is CC(C)(C)OC(=O)N1CCC(OCS(=O)[O-])C1. The van der Waals surface area contributed by atoms with E-state index in [-0.39, 0.29) is 18.1 Å². The topological polar surface area (TPSA) is 78.9 Å². The van der Waals surface area contributed by atoms with E-state index in [9.17, 15) is 13.6 Å². The minimum Gasteiger partial charge on any atom is -0.771 e. The van der Waals surface area contributed by atoms with Crippen LogP contribution in [0.5, 0.6) is 0 Å². The van der Waals surface area contributed by atoms with E-state index in [0.29, 0.717) is 19.5 Å². The molecule has 0 bridgehead atoms. The lowest BCUT2D eigenvalue weighted by molar-refractivity contribution is 0.0244. The van der Waals surface area contributed by atoms with Gasteiger partial charge in [-0.25, -0.2) is 4.79 Å². The fraction of sp³-hybridized carbons (Fsp3) is 0.900. The molecule has 17 heavy (non-hydrogen) atoms. The first-order valence-electron chi connectivity index (χ1n) is 5.43. The molecule has 100 valence electrons. The molecule has 0 spiro atoms. The zero-order valence-corrected chi connectivity index (χ0v) is 11.1. The molecule has 0 aliphatic carbocycles. The van der Waals surface area contributed by atoms with Crippen molar-refractivity contribution in [1.82, 2.24) is 4.90 Å². The summed E-state index contributed by atoms with van der Waals surface area (Å²) < 4.78 is 31.0. The van der Waals surface area contributed by atoms with Crippen molar-refractivity contribution in [3.8, 4) is 0 Å². The molecule has 0 N–H and O–H groups in total. The van der Waals surface area contributed by atoms with Gasteiger partial charge in [-0.3, -0.25) is 4.21 Å². The first-order valence-corrected chi connectivity index (χ1v) is 6.68. The molecular weight excluding hydrogens is 246 g/mol. The zero-order valence-electron chi connectivity index (χ0n) is 10.3. The van der Waals surface area contributed by atoms with Crippen molar-refractivity contribution in [2.45, 2.75) is 38.9 Å². The molecule has 1 saturated heterocycles. The van der Waals surface area contributed by atoms with Gasteiger partial charge in [0.2, 0.25) is 0 Å². The van der Waals surface area contributed by atoms with Gasteiger partial charge in [0.15, 0.2) is 0 Å². The van der Waals surface area contributed by atoms with Gasteiger partial charge >= 0.3 is 6.09 Å². The number of ether oxygens (including phenoxy) is 2. The summed E-state index contributed by atoms with van der Waals surface area (Å²) in [5.41, 5.74) is -0.521. The van der Waals surface area contributed by atoms with Gasteiger partial charge in [0.1, 0.15) is 11.5 Å². The minimum absolute atomic E-state index is 0.222. The van der Waals surface area contributed by atoms with Crippen molar-refractivity contribution < 1.29 is 23.0 Å². The predicted molar refractivity (Wildman–Crippen MR) is 61.1 cm³/mol. The van der Waals surface area contributed by atoms with E-state index >= 15 is 0 Å². The molecule has 1 aliphatic heterocycles. The Morgan fingerprint density at radius 3 is 2.71 bits per heavy atom. The lowest BCUT2D eigenvalue weighted by atomic mass is 10.2. The molecule has 1 heterocycles. The van der Waals surface area contributed by atoms with Gasteiger partial charge in [-0.15, -0.1) is 0 Å². The van der Waals surface area contributed by atoms with Gasteiger partial charge in [-0.05, 0) is 38.3 Å². The van der Waals surface area contributed by atoms with Crippen LogP contribution in [-0.4, -0.2) is 50.5 Å². The molecule has 0 aromatic rings. The highest BCUT2D eigenvalue weighted by Gasteiger charge is 2.30. The molecule has 2 atom stereocenters. The van der Waals surface area contributed by atoms with E-state index in [4.69, 9.17) is 9.47 Å². The van der Waals surface area contributed by atoms with Crippen LogP contribution in [0.1, 0.15) is 27.2 Å². The molecule has 0 saturated carbocycles. The lowest BCUT2D eigenvalue weighted by Gasteiger charge is -2.24. The van der Waals surface area contributed by atoms with Crippen LogP contribution in [0.15, 0.2) is 0 Å². The van der Waals surface area contributed by atoms with Crippen LogP contribution in [0, 0.1) is 0 Å². The van der Waals surface area contributed by atoms with Crippen LogP contribution < -0.4 is 0 Å².